The van der Waals surface area contributed by atoms with Crippen molar-refractivity contribution in [3.8, 4) is 0 Å². The second kappa shape index (κ2) is 5.88. The summed E-state index contributed by atoms with van der Waals surface area (Å²) in [6.07, 6.45) is 7.27. The molecule has 0 aromatic carbocycles. The maximum atomic E-state index is 12.7. The van der Waals surface area contributed by atoms with E-state index in [1.807, 2.05) is 0 Å². The molecule has 1 amide bonds. The van der Waals surface area contributed by atoms with Gasteiger partial charge < -0.3 is 10.2 Å². The Bertz CT molecular complexity index is 367. The molecule has 2 saturated carbocycles. The third-order valence-corrected chi connectivity index (χ3v) is 6.97. The van der Waals surface area contributed by atoms with Gasteiger partial charge in [0.05, 0.1) is 0 Å². The maximum absolute atomic E-state index is 12.7. The van der Waals surface area contributed by atoms with E-state index in [0.717, 1.165) is 24.8 Å². The number of hydrogen-bond donors (Lipinski definition) is 1. The van der Waals surface area contributed by atoms with Crippen LogP contribution in [0.3, 0.4) is 0 Å². The van der Waals surface area contributed by atoms with Crippen LogP contribution in [0.4, 0.5) is 0 Å². The van der Waals surface area contributed by atoms with Gasteiger partial charge in [-0.15, -0.1) is 0 Å². The van der Waals surface area contributed by atoms with Crippen molar-refractivity contribution in [2.75, 3.05) is 25.9 Å². The number of thioether (sulfide) groups is 1. The Hall–Kier alpha value is -0.220. The van der Waals surface area contributed by atoms with Crippen LogP contribution in [0, 0.1) is 11.3 Å². The van der Waals surface area contributed by atoms with E-state index in [4.69, 9.17) is 0 Å². The molecule has 1 saturated heterocycles. The first kappa shape index (κ1) is 14.7. The fraction of sp³-hybridized carbons (Fsp3) is 0.938. The third-order valence-electron chi connectivity index (χ3n) is 5.74. The Labute approximate surface area is 127 Å². The minimum absolute atomic E-state index is 0.340. The van der Waals surface area contributed by atoms with Gasteiger partial charge in [0.1, 0.15) is 0 Å². The lowest BCUT2D eigenvalue weighted by Gasteiger charge is -2.28. The Morgan fingerprint density at radius 1 is 1.35 bits per heavy atom. The molecule has 114 valence electrons. The van der Waals surface area contributed by atoms with Gasteiger partial charge in [0.2, 0.25) is 5.91 Å². The van der Waals surface area contributed by atoms with Gasteiger partial charge in [0, 0.05) is 24.3 Å². The van der Waals surface area contributed by atoms with Crippen LogP contribution in [0.1, 0.15) is 45.4 Å². The number of carbonyl (C=O) groups is 1. The molecular weight excluding hydrogens is 268 g/mol. The van der Waals surface area contributed by atoms with Crippen LogP contribution in [0.5, 0.6) is 0 Å². The molecule has 3 unspecified atom stereocenters. The highest BCUT2D eigenvalue weighted by molar-refractivity contribution is 7.99. The van der Waals surface area contributed by atoms with Gasteiger partial charge >= 0.3 is 0 Å². The molecule has 0 radical (unpaired) electrons. The SMILES string of the molecule is CCSC1CCC(N(C)C(=O)C2CC23CCNCC3)C1. The smallest absolute Gasteiger partial charge is 0.226 e. The van der Waals surface area contributed by atoms with E-state index >= 15 is 0 Å². The Morgan fingerprint density at radius 3 is 2.80 bits per heavy atom. The van der Waals surface area contributed by atoms with Crippen molar-refractivity contribution in [1.29, 1.82) is 0 Å². The van der Waals surface area contributed by atoms with Crippen molar-refractivity contribution in [1.82, 2.24) is 10.2 Å². The second-order valence-electron chi connectivity index (χ2n) is 6.86. The summed E-state index contributed by atoms with van der Waals surface area (Å²) < 4.78 is 0. The first-order chi connectivity index (χ1) is 9.66. The number of nitrogens with one attached hydrogen (secondary N) is 1. The normalized spacial score (nSPS) is 35.2. The average Bonchev–Trinajstić information content (AvgIpc) is 2.94. The molecule has 1 heterocycles. The first-order valence-corrected chi connectivity index (χ1v) is 9.30. The van der Waals surface area contributed by atoms with Crippen molar-refractivity contribution >= 4 is 17.7 Å². The standard InChI is InChI=1S/C16H28N2OS/c1-3-20-13-5-4-12(10-13)18(2)15(19)14-11-16(14)6-8-17-9-7-16/h12-14,17H,3-11H2,1-2H3. The average molecular weight is 296 g/mol. The molecule has 0 aromatic heterocycles. The Morgan fingerprint density at radius 2 is 2.10 bits per heavy atom. The summed E-state index contributed by atoms with van der Waals surface area (Å²) in [5, 5.41) is 4.20. The van der Waals surface area contributed by atoms with Crippen LogP contribution < -0.4 is 5.32 Å². The highest BCUT2D eigenvalue weighted by Crippen LogP contribution is 2.59. The Balaban J connectivity index is 1.53. The Kier molecular flexibility index (Phi) is 4.32. The summed E-state index contributed by atoms with van der Waals surface area (Å²) in [6, 6.07) is 0.505. The fourth-order valence-electron chi connectivity index (χ4n) is 4.26. The molecule has 0 bridgehead atoms. The van der Waals surface area contributed by atoms with Crippen molar-refractivity contribution < 1.29 is 4.79 Å². The molecule has 3 nitrogen and oxygen atoms in total. The van der Waals surface area contributed by atoms with E-state index in [-0.39, 0.29) is 0 Å². The topological polar surface area (TPSA) is 32.3 Å². The molecule has 3 fully saturated rings. The van der Waals surface area contributed by atoms with Crippen LogP contribution in [-0.2, 0) is 4.79 Å². The van der Waals surface area contributed by atoms with Crippen molar-refractivity contribution in [3.05, 3.63) is 0 Å². The zero-order chi connectivity index (χ0) is 14.2. The van der Waals surface area contributed by atoms with Gasteiger partial charge in [-0.2, -0.15) is 11.8 Å². The van der Waals surface area contributed by atoms with Gasteiger partial charge in [0.25, 0.3) is 0 Å². The van der Waals surface area contributed by atoms with E-state index in [0.29, 0.717) is 23.3 Å². The van der Waals surface area contributed by atoms with Crippen LogP contribution in [0.25, 0.3) is 0 Å². The molecule has 3 atom stereocenters. The predicted molar refractivity (Wildman–Crippen MR) is 85.0 cm³/mol. The van der Waals surface area contributed by atoms with Crippen LogP contribution in [0.15, 0.2) is 0 Å². The minimum Gasteiger partial charge on any atom is -0.342 e. The molecule has 3 aliphatic rings. The van der Waals surface area contributed by atoms with Gasteiger partial charge in [-0.3, -0.25) is 4.79 Å². The highest BCUT2D eigenvalue weighted by Gasteiger charge is 2.58. The second-order valence-corrected chi connectivity index (χ2v) is 8.44. The molecule has 0 aromatic rings. The van der Waals surface area contributed by atoms with Crippen LogP contribution in [-0.4, -0.2) is 48.0 Å². The van der Waals surface area contributed by atoms with Crippen LogP contribution >= 0.6 is 11.8 Å². The van der Waals surface area contributed by atoms with E-state index in [1.54, 1.807) is 0 Å². The van der Waals surface area contributed by atoms with Crippen LogP contribution in [0.2, 0.25) is 0 Å². The van der Waals surface area contributed by atoms with Gasteiger partial charge in [-0.25, -0.2) is 0 Å². The fourth-order valence-corrected chi connectivity index (χ4v) is 5.39. The third kappa shape index (κ3) is 2.74. The predicted octanol–water partition coefficient (Wildman–Crippen LogP) is 2.51. The number of piperidine rings is 1. The summed E-state index contributed by atoms with van der Waals surface area (Å²) in [5.74, 6) is 1.99. The summed E-state index contributed by atoms with van der Waals surface area (Å²) in [6.45, 7) is 4.44. The lowest BCUT2D eigenvalue weighted by molar-refractivity contribution is -0.134. The summed E-state index contributed by atoms with van der Waals surface area (Å²) in [4.78, 5) is 14.8. The quantitative estimate of drug-likeness (QED) is 0.865. The first-order valence-electron chi connectivity index (χ1n) is 8.25. The molecule has 2 aliphatic carbocycles. The molecule has 3 rings (SSSR count). The summed E-state index contributed by atoms with van der Waals surface area (Å²) in [5.41, 5.74) is 0.382. The monoisotopic (exact) mass is 296 g/mol. The largest absolute Gasteiger partial charge is 0.342 e. The number of rotatable bonds is 4. The molecular formula is C16H28N2OS. The number of carbonyl (C=O) groups excluding carboxylic acids is 1. The van der Waals surface area contributed by atoms with Crippen molar-refractivity contribution in [2.45, 2.75) is 56.7 Å². The van der Waals surface area contributed by atoms with Gasteiger partial charge in [-0.1, -0.05) is 6.92 Å². The number of nitrogens with zero attached hydrogens (tertiary/aromatic N) is 1. The molecule has 1 N–H and O–H groups in total. The lowest BCUT2D eigenvalue weighted by Crippen LogP contribution is -2.39. The molecule has 1 aliphatic heterocycles. The van der Waals surface area contributed by atoms with E-state index in [2.05, 4.69) is 35.9 Å². The summed E-state index contributed by atoms with van der Waals surface area (Å²) >= 11 is 2.07. The molecule has 20 heavy (non-hydrogen) atoms. The van der Waals surface area contributed by atoms with Crippen molar-refractivity contribution in [2.24, 2.45) is 11.3 Å². The van der Waals surface area contributed by atoms with E-state index in [1.165, 1.54) is 37.9 Å². The lowest BCUT2D eigenvalue weighted by atomic mass is 9.91. The molecule has 4 heteroatoms. The van der Waals surface area contributed by atoms with Gasteiger partial charge in [0.15, 0.2) is 0 Å². The van der Waals surface area contributed by atoms with Crippen molar-refractivity contribution in [3.63, 3.8) is 0 Å². The van der Waals surface area contributed by atoms with E-state index < -0.39 is 0 Å². The number of hydrogen-bond acceptors (Lipinski definition) is 3. The zero-order valence-electron chi connectivity index (χ0n) is 12.9. The number of amides is 1. The molecule has 1 spiro atoms. The minimum atomic E-state index is 0.340. The maximum Gasteiger partial charge on any atom is 0.226 e. The zero-order valence-corrected chi connectivity index (χ0v) is 13.7. The highest BCUT2D eigenvalue weighted by atomic mass is 32.2. The summed E-state index contributed by atoms with van der Waals surface area (Å²) in [7, 11) is 2.05. The van der Waals surface area contributed by atoms with E-state index in [9.17, 15) is 4.79 Å². The van der Waals surface area contributed by atoms with Gasteiger partial charge in [-0.05, 0) is 62.8 Å².